The van der Waals surface area contributed by atoms with Gasteiger partial charge in [-0.15, -0.1) is 11.3 Å². The summed E-state index contributed by atoms with van der Waals surface area (Å²) in [6, 6.07) is 11.5. The van der Waals surface area contributed by atoms with E-state index >= 15 is 0 Å². The lowest BCUT2D eigenvalue weighted by molar-refractivity contribution is 0.296. The summed E-state index contributed by atoms with van der Waals surface area (Å²) >= 11 is 7.49. The topological polar surface area (TPSA) is 36.4 Å². The fourth-order valence-electron chi connectivity index (χ4n) is 2.57. The van der Waals surface area contributed by atoms with Crippen molar-refractivity contribution in [3.63, 3.8) is 0 Å². The smallest absolute Gasteiger partial charge is 0.128 e. The minimum absolute atomic E-state index is 0.167. The first kappa shape index (κ1) is 16.2. The van der Waals surface area contributed by atoms with Gasteiger partial charge < -0.3 is 5.11 Å². The number of aromatic nitrogens is 1. The molecule has 0 spiro atoms. The molecule has 0 aliphatic rings. The van der Waals surface area contributed by atoms with Gasteiger partial charge >= 0.3 is 0 Å². The summed E-state index contributed by atoms with van der Waals surface area (Å²) in [4.78, 5) is 7.02. The van der Waals surface area contributed by atoms with Crippen molar-refractivity contribution >= 4 is 33.2 Å². The third kappa shape index (κ3) is 3.50. The Bertz CT molecular complexity index is 827. The van der Waals surface area contributed by atoms with Crippen molar-refractivity contribution in [2.75, 3.05) is 13.1 Å². The summed E-state index contributed by atoms with van der Waals surface area (Å²) in [5, 5.41) is 11.4. The van der Waals surface area contributed by atoms with Gasteiger partial charge in [0.15, 0.2) is 0 Å². The van der Waals surface area contributed by atoms with Crippen molar-refractivity contribution in [1.29, 1.82) is 0 Å². The lowest BCUT2D eigenvalue weighted by atomic mass is 10.2. The SMILES string of the molecule is CCN(CC)Cc1ccc2nc(-c3ccc(Cl)cc3O)sc2c1. The van der Waals surface area contributed by atoms with E-state index in [2.05, 4.69) is 41.9 Å². The molecule has 0 atom stereocenters. The zero-order chi connectivity index (χ0) is 16.4. The predicted octanol–water partition coefficient (Wildman–Crippen LogP) is 5.16. The van der Waals surface area contributed by atoms with Crippen LogP contribution in [0, 0.1) is 0 Å². The zero-order valence-corrected chi connectivity index (χ0v) is 14.8. The average Bonchev–Trinajstić information content (AvgIpc) is 2.95. The van der Waals surface area contributed by atoms with Gasteiger partial charge in [0.1, 0.15) is 10.8 Å². The van der Waals surface area contributed by atoms with Crippen LogP contribution in [0.4, 0.5) is 0 Å². The van der Waals surface area contributed by atoms with E-state index in [4.69, 9.17) is 11.6 Å². The first-order valence-electron chi connectivity index (χ1n) is 7.71. The minimum atomic E-state index is 0.167. The Morgan fingerprint density at radius 3 is 2.61 bits per heavy atom. The van der Waals surface area contributed by atoms with E-state index < -0.39 is 0 Å². The molecule has 5 heteroatoms. The van der Waals surface area contributed by atoms with Gasteiger partial charge in [-0.05, 0) is 49.0 Å². The van der Waals surface area contributed by atoms with E-state index in [-0.39, 0.29) is 5.75 Å². The number of hydrogen-bond acceptors (Lipinski definition) is 4. The quantitative estimate of drug-likeness (QED) is 0.692. The maximum Gasteiger partial charge on any atom is 0.128 e. The predicted molar refractivity (Wildman–Crippen MR) is 98.4 cm³/mol. The Kier molecular flexibility index (Phi) is 4.85. The number of halogens is 1. The normalized spacial score (nSPS) is 11.5. The number of hydrogen-bond donors (Lipinski definition) is 1. The Morgan fingerprint density at radius 2 is 1.91 bits per heavy atom. The highest BCUT2D eigenvalue weighted by atomic mass is 35.5. The summed E-state index contributed by atoms with van der Waals surface area (Å²) in [5.74, 6) is 0.167. The van der Waals surface area contributed by atoms with Gasteiger partial charge in [0, 0.05) is 11.6 Å². The van der Waals surface area contributed by atoms with E-state index in [1.165, 1.54) is 5.56 Å². The highest BCUT2D eigenvalue weighted by Gasteiger charge is 2.11. The zero-order valence-electron chi connectivity index (χ0n) is 13.2. The highest BCUT2D eigenvalue weighted by Crippen LogP contribution is 2.36. The second-order valence-corrected chi connectivity index (χ2v) is 6.91. The van der Waals surface area contributed by atoms with Crippen LogP contribution in [0.5, 0.6) is 5.75 Å². The first-order valence-corrected chi connectivity index (χ1v) is 8.91. The monoisotopic (exact) mass is 346 g/mol. The molecule has 1 aromatic heterocycles. The van der Waals surface area contributed by atoms with Crippen molar-refractivity contribution in [1.82, 2.24) is 9.88 Å². The molecule has 0 saturated heterocycles. The Hall–Kier alpha value is -1.62. The first-order chi connectivity index (χ1) is 11.1. The van der Waals surface area contributed by atoms with E-state index in [0.29, 0.717) is 5.02 Å². The van der Waals surface area contributed by atoms with Crippen LogP contribution >= 0.6 is 22.9 Å². The molecule has 1 N–H and O–H groups in total. The van der Waals surface area contributed by atoms with Crippen LogP contribution in [0.25, 0.3) is 20.8 Å². The molecule has 0 fully saturated rings. The van der Waals surface area contributed by atoms with Gasteiger partial charge in [-0.1, -0.05) is 31.5 Å². The molecule has 0 bridgehead atoms. The number of aromatic hydroxyl groups is 1. The molecular weight excluding hydrogens is 328 g/mol. The molecule has 3 nitrogen and oxygen atoms in total. The van der Waals surface area contributed by atoms with Crippen LogP contribution < -0.4 is 0 Å². The van der Waals surface area contributed by atoms with Crippen LogP contribution in [0.1, 0.15) is 19.4 Å². The van der Waals surface area contributed by atoms with Gasteiger partial charge in [0.05, 0.1) is 15.8 Å². The summed E-state index contributed by atoms with van der Waals surface area (Å²) in [7, 11) is 0. The lowest BCUT2D eigenvalue weighted by Gasteiger charge is -2.17. The van der Waals surface area contributed by atoms with Crippen molar-refractivity contribution in [2.45, 2.75) is 20.4 Å². The van der Waals surface area contributed by atoms with Gasteiger partial charge in [0.25, 0.3) is 0 Å². The largest absolute Gasteiger partial charge is 0.507 e. The summed E-state index contributed by atoms with van der Waals surface area (Å²) < 4.78 is 1.14. The van der Waals surface area contributed by atoms with E-state index in [9.17, 15) is 5.11 Å². The van der Waals surface area contributed by atoms with Gasteiger partial charge in [-0.2, -0.15) is 0 Å². The van der Waals surface area contributed by atoms with Crippen LogP contribution in [0.3, 0.4) is 0 Å². The highest BCUT2D eigenvalue weighted by molar-refractivity contribution is 7.21. The van der Waals surface area contributed by atoms with Crippen LogP contribution in [-0.2, 0) is 6.54 Å². The number of benzene rings is 2. The number of thiazole rings is 1. The Labute approximate surface area is 145 Å². The number of nitrogens with zero attached hydrogens (tertiary/aromatic N) is 2. The molecule has 120 valence electrons. The van der Waals surface area contributed by atoms with Crippen molar-refractivity contribution in [2.24, 2.45) is 0 Å². The fraction of sp³-hybridized carbons (Fsp3) is 0.278. The summed E-state index contributed by atoms with van der Waals surface area (Å²) in [6.07, 6.45) is 0. The van der Waals surface area contributed by atoms with E-state index in [0.717, 1.165) is 40.4 Å². The lowest BCUT2D eigenvalue weighted by Crippen LogP contribution is -2.21. The van der Waals surface area contributed by atoms with Crippen LogP contribution in [0.15, 0.2) is 36.4 Å². The maximum atomic E-state index is 10.1. The Morgan fingerprint density at radius 1 is 1.13 bits per heavy atom. The second kappa shape index (κ2) is 6.87. The van der Waals surface area contributed by atoms with Crippen molar-refractivity contribution in [3.8, 4) is 16.3 Å². The molecule has 0 saturated carbocycles. The number of rotatable bonds is 5. The molecular formula is C18H19ClN2OS. The van der Waals surface area contributed by atoms with Gasteiger partial charge in [-0.25, -0.2) is 4.98 Å². The van der Waals surface area contributed by atoms with Crippen LogP contribution in [0.2, 0.25) is 5.02 Å². The maximum absolute atomic E-state index is 10.1. The second-order valence-electron chi connectivity index (χ2n) is 5.44. The van der Waals surface area contributed by atoms with Gasteiger partial charge in [0.2, 0.25) is 0 Å². The molecule has 23 heavy (non-hydrogen) atoms. The number of phenols is 1. The molecule has 0 aliphatic carbocycles. The molecule has 2 aromatic carbocycles. The van der Waals surface area contributed by atoms with Crippen molar-refractivity contribution < 1.29 is 5.11 Å². The summed E-state index contributed by atoms with van der Waals surface area (Å²) in [5.41, 5.74) is 2.97. The molecule has 3 aromatic rings. The molecule has 3 rings (SSSR count). The molecule has 0 unspecified atom stereocenters. The van der Waals surface area contributed by atoms with Crippen molar-refractivity contribution in [3.05, 3.63) is 47.0 Å². The molecule has 1 heterocycles. The number of fused-ring (bicyclic) bond motifs is 1. The third-order valence-electron chi connectivity index (χ3n) is 3.94. The van der Waals surface area contributed by atoms with Crippen LogP contribution in [-0.4, -0.2) is 28.1 Å². The minimum Gasteiger partial charge on any atom is -0.507 e. The third-order valence-corrected chi connectivity index (χ3v) is 5.23. The molecule has 0 radical (unpaired) electrons. The number of phenolic OH excluding ortho intramolecular Hbond substituents is 1. The summed E-state index contributed by atoms with van der Waals surface area (Å²) in [6.45, 7) is 7.39. The van der Waals surface area contributed by atoms with Gasteiger partial charge in [-0.3, -0.25) is 4.90 Å². The standard InChI is InChI=1S/C18H19ClN2OS/c1-3-21(4-2)11-12-5-8-15-17(9-12)23-18(20-15)14-7-6-13(19)10-16(14)22/h5-10,22H,3-4,11H2,1-2H3. The van der Waals surface area contributed by atoms with E-state index in [1.54, 1.807) is 23.5 Å². The fourth-order valence-corrected chi connectivity index (χ4v) is 3.80. The molecule has 0 aliphatic heterocycles. The Balaban J connectivity index is 1.95. The van der Waals surface area contributed by atoms with E-state index in [1.807, 2.05) is 6.07 Å². The average molecular weight is 347 g/mol. The molecule has 0 amide bonds.